The number of pyridine rings is 2. The first-order valence-corrected chi connectivity index (χ1v) is 21.3. The van der Waals surface area contributed by atoms with Crippen molar-refractivity contribution in [1.82, 2.24) is 30.4 Å². The molecule has 6 aromatic rings. The van der Waals surface area contributed by atoms with Crippen molar-refractivity contribution in [1.29, 1.82) is 0 Å². The van der Waals surface area contributed by atoms with Crippen LogP contribution in [0.1, 0.15) is 83.1 Å². The first kappa shape index (κ1) is 45.5. The summed E-state index contributed by atoms with van der Waals surface area (Å²) in [5.41, 5.74) is 2.01. The molecule has 0 spiro atoms. The van der Waals surface area contributed by atoms with Crippen LogP contribution < -0.4 is 5.46 Å². The van der Waals surface area contributed by atoms with Gasteiger partial charge in [-0.25, -0.2) is 0 Å². The second-order valence-electron chi connectivity index (χ2n) is 18.3. The summed E-state index contributed by atoms with van der Waals surface area (Å²) < 4.78 is 48.5. The number of aromatic nitrogens is 6. The molecule has 2 aromatic carbocycles. The van der Waals surface area contributed by atoms with Gasteiger partial charge in [0.15, 0.2) is 0 Å². The Balaban J connectivity index is 0.000000144. The fraction of sp³-hybridized carbons (Fsp3) is 0.409. The van der Waals surface area contributed by atoms with Crippen molar-refractivity contribution >= 4 is 42.5 Å². The maximum Gasteiger partial charge on any atom is 0.494 e. The number of benzene rings is 2. The molecule has 4 aromatic heterocycles. The monoisotopic (exact) mass is 904 g/mol. The maximum absolute atomic E-state index is 6.12. The van der Waals surface area contributed by atoms with Gasteiger partial charge in [-0.2, -0.15) is 0 Å². The molecule has 0 unspecified atom stereocenters. The Morgan fingerprint density at radius 1 is 0.419 bits per heavy atom. The summed E-state index contributed by atoms with van der Waals surface area (Å²) in [5, 5.41) is 16.3. The van der Waals surface area contributed by atoms with E-state index in [4.69, 9.17) is 36.8 Å². The van der Waals surface area contributed by atoms with Crippen LogP contribution in [0.25, 0.3) is 45.8 Å². The van der Waals surface area contributed by atoms with Gasteiger partial charge < -0.3 is 36.8 Å². The highest BCUT2D eigenvalue weighted by atomic mass is 79.9. The Morgan fingerprint density at radius 2 is 0.774 bits per heavy atom. The van der Waals surface area contributed by atoms with Gasteiger partial charge in [-0.1, -0.05) is 34.1 Å². The van der Waals surface area contributed by atoms with E-state index in [1.807, 2.05) is 156 Å². The molecule has 3 saturated heterocycles. The highest BCUT2D eigenvalue weighted by Crippen LogP contribution is 2.43. The van der Waals surface area contributed by atoms with E-state index < -0.39 is 21.1 Å². The molecule has 0 saturated carbocycles. The maximum atomic E-state index is 6.12. The molecule has 3 aliphatic rings. The molecule has 3 aliphatic heterocycles. The molecule has 3 fully saturated rings. The van der Waals surface area contributed by atoms with E-state index in [9.17, 15) is 0 Å². The van der Waals surface area contributed by atoms with Crippen LogP contribution in [-0.2, 0) is 27.9 Å². The first-order valence-electron chi connectivity index (χ1n) is 20.5. The van der Waals surface area contributed by atoms with Gasteiger partial charge in [0.25, 0.3) is 0 Å². The highest BCUT2D eigenvalue weighted by Gasteiger charge is 2.63. The summed E-state index contributed by atoms with van der Waals surface area (Å²) in [7, 11) is -1.38. The Bertz CT molecular complexity index is 2380. The smallest absolute Gasteiger partial charge is 0.416 e. The molecule has 18 heteroatoms. The van der Waals surface area contributed by atoms with Crippen molar-refractivity contribution in [2.75, 3.05) is 0 Å². The molecule has 0 N–H and O–H groups in total. The van der Waals surface area contributed by atoms with E-state index in [0.29, 0.717) is 23.6 Å². The van der Waals surface area contributed by atoms with Crippen molar-refractivity contribution in [3.8, 4) is 45.8 Å². The Morgan fingerprint density at radius 3 is 1.16 bits per heavy atom. The molecule has 14 nitrogen and oxygen atoms in total. The summed E-state index contributed by atoms with van der Waals surface area (Å²) in [5.74, 6) is 1.85. The van der Waals surface area contributed by atoms with Gasteiger partial charge in [0.05, 0.1) is 44.7 Å². The second kappa shape index (κ2) is 17.2. The zero-order chi connectivity index (χ0) is 44.7. The fourth-order valence-electron chi connectivity index (χ4n) is 6.31. The van der Waals surface area contributed by atoms with E-state index in [1.54, 1.807) is 24.8 Å². The zero-order valence-corrected chi connectivity index (χ0v) is 38.9. The minimum absolute atomic E-state index is 0.360. The molecule has 62 heavy (non-hydrogen) atoms. The molecule has 0 aliphatic carbocycles. The molecule has 0 amide bonds. The van der Waals surface area contributed by atoms with Crippen LogP contribution in [-0.4, -0.2) is 85.1 Å². The minimum Gasteiger partial charge on any atom is -0.416 e. The quantitative estimate of drug-likeness (QED) is 0.146. The predicted octanol–water partition coefficient (Wildman–Crippen LogP) is 8.91. The topological polar surface area (TPSA) is 159 Å². The van der Waals surface area contributed by atoms with Crippen LogP contribution in [0.5, 0.6) is 0 Å². The lowest BCUT2D eigenvalue weighted by molar-refractivity contribution is 0.00578. The van der Waals surface area contributed by atoms with E-state index in [0.717, 1.165) is 32.2 Å². The normalized spacial score (nSPS) is 20.0. The summed E-state index contributed by atoms with van der Waals surface area (Å²) in [6.45, 7) is 24.4. The number of hydrogen-bond acceptors (Lipinski definition) is 14. The number of nitrogens with zero attached hydrogens (tertiary/aromatic N) is 6. The van der Waals surface area contributed by atoms with E-state index >= 15 is 0 Å². The van der Waals surface area contributed by atoms with E-state index in [-0.39, 0.29) is 33.6 Å². The van der Waals surface area contributed by atoms with Gasteiger partial charge >= 0.3 is 21.1 Å². The SMILES string of the molecule is Brc1cccc(-c2nnc(-c3cccnc3)o2)c1.CC1(C)OB(B2OC(C)(C)C(C)(C)O2)OC1(C)C.CC1(C)OB(c2cccc(-c3nnc(-c4cccnc4)o3)c2)OC1(C)C. The zero-order valence-electron chi connectivity index (χ0n) is 37.3. The number of rotatable bonds is 6. The standard InChI is InChI=1S/C19H20BN3O3.C13H8BrN3O.C12H24B2O4/c1-18(2)19(3,4)26-20(25-18)15-9-5-7-13(11-15)16-22-23-17(24-16)14-8-6-10-21-12-14;14-11-5-1-3-9(7-11)12-16-17-13(18-12)10-4-2-6-15-8-10;1-9(2)10(3,4)16-13(15-9)14-17-11(5,6)12(7,8)18-14/h5-12H,1-4H3;1-8H;1-8H3. The first-order chi connectivity index (χ1) is 29.1. The Hall–Kier alpha value is -4.55. The van der Waals surface area contributed by atoms with Gasteiger partial charge in [0.1, 0.15) is 0 Å². The van der Waals surface area contributed by atoms with Crippen molar-refractivity contribution in [3.63, 3.8) is 0 Å². The van der Waals surface area contributed by atoms with Crippen LogP contribution in [0.4, 0.5) is 0 Å². The van der Waals surface area contributed by atoms with Gasteiger partial charge in [-0.3, -0.25) is 9.97 Å². The van der Waals surface area contributed by atoms with Crippen LogP contribution in [0.3, 0.4) is 0 Å². The van der Waals surface area contributed by atoms with Crippen LogP contribution in [0, 0.1) is 0 Å². The summed E-state index contributed by atoms with van der Waals surface area (Å²) in [6, 6.07) is 22.9. The van der Waals surface area contributed by atoms with Crippen LogP contribution >= 0.6 is 15.9 Å². The Labute approximate surface area is 372 Å². The Kier molecular flexibility index (Phi) is 12.6. The largest absolute Gasteiger partial charge is 0.494 e. The number of halogens is 1. The van der Waals surface area contributed by atoms with Gasteiger partial charge in [-0.05, 0) is 143 Å². The van der Waals surface area contributed by atoms with E-state index in [1.165, 1.54) is 0 Å². The molecular formula is C44H52B3BrN6O8. The lowest BCUT2D eigenvalue weighted by atomic mass is 9.49. The van der Waals surface area contributed by atoms with Gasteiger partial charge in [0, 0.05) is 40.4 Å². The van der Waals surface area contributed by atoms with Crippen LogP contribution in [0.2, 0.25) is 0 Å². The average Bonchev–Trinajstić information content (AvgIpc) is 4.03. The molecule has 0 atom stereocenters. The lowest BCUT2D eigenvalue weighted by Gasteiger charge is -2.32. The third-order valence-electron chi connectivity index (χ3n) is 12.2. The third-order valence-corrected chi connectivity index (χ3v) is 12.7. The molecule has 0 radical (unpaired) electrons. The molecule has 0 bridgehead atoms. The van der Waals surface area contributed by atoms with Crippen molar-refractivity contribution < 1.29 is 36.8 Å². The predicted molar refractivity (Wildman–Crippen MR) is 242 cm³/mol. The summed E-state index contributed by atoms with van der Waals surface area (Å²) in [6.07, 6.45) is 6.79. The van der Waals surface area contributed by atoms with Gasteiger partial charge in [-0.15, -0.1) is 20.4 Å². The molecule has 7 heterocycles. The third kappa shape index (κ3) is 9.66. The molecule has 9 rings (SSSR count). The summed E-state index contributed by atoms with van der Waals surface area (Å²) in [4.78, 5) is 8.10. The minimum atomic E-state index is -0.476. The lowest BCUT2D eigenvalue weighted by Crippen LogP contribution is -2.41. The summed E-state index contributed by atoms with van der Waals surface area (Å²) >= 11 is 3.41. The van der Waals surface area contributed by atoms with Crippen molar-refractivity contribution in [2.45, 2.75) is 117 Å². The van der Waals surface area contributed by atoms with Gasteiger partial charge in [0.2, 0.25) is 23.6 Å². The average molecular weight is 905 g/mol. The van der Waals surface area contributed by atoms with Crippen molar-refractivity contribution in [2.24, 2.45) is 0 Å². The fourth-order valence-corrected chi connectivity index (χ4v) is 6.71. The second-order valence-corrected chi connectivity index (χ2v) is 19.2. The van der Waals surface area contributed by atoms with Crippen molar-refractivity contribution in [3.05, 3.63) is 102 Å². The highest BCUT2D eigenvalue weighted by molar-refractivity contribution is 9.10. The molecular weight excluding hydrogens is 853 g/mol. The number of hydrogen-bond donors (Lipinski definition) is 0. The molecule has 322 valence electrons. The van der Waals surface area contributed by atoms with E-state index in [2.05, 4.69) is 46.3 Å². The van der Waals surface area contributed by atoms with Crippen LogP contribution in [0.15, 0.2) is 111 Å².